The van der Waals surface area contributed by atoms with Crippen LogP contribution in [0, 0.1) is 0 Å². The Morgan fingerprint density at radius 3 is 2.54 bits per heavy atom. The summed E-state index contributed by atoms with van der Waals surface area (Å²) < 4.78 is 34.8. The molecule has 0 bridgehead atoms. The molecule has 24 heavy (non-hydrogen) atoms. The van der Waals surface area contributed by atoms with E-state index in [1.54, 1.807) is 36.4 Å². The largest absolute Gasteiger partial charge is 0.454 e. The van der Waals surface area contributed by atoms with Crippen molar-refractivity contribution in [1.29, 1.82) is 0 Å². The van der Waals surface area contributed by atoms with Crippen LogP contribution in [0.3, 0.4) is 0 Å². The van der Waals surface area contributed by atoms with Crippen molar-refractivity contribution in [2.45, 2.75) is 18.2 Å². The van der Waals surface area contributed by atoms with Crippen LogP contribution in [0.25, 0.3) is 0 Å². The van der Waals surface area contributed by atoms with Gasteiger partial charge in [0.2, 0.25) is 6.79 Å². The van der Waals surface area contributed by atoms with E-state index >= 15 is 0 Å². The van der Waals surface area contributed by atoms with Crippen molar-refractivity contribution in [3.05, 3.63) is 52.5 Å². The van der Waals surface area contributed by atoms with E-state index in [2.05, 4.69) is 9.93 Å². The number of halogens is 1. The van der Waals surface area contributed by atoms with Gasteiger partial charge < -0.3 is 9.47 Å². The molecule has 0 fully saturated rings. The van der Waals surface area contributed by atoms with Crippen molar-refractivity contribution in [3.63, 3.8) is 0 Å². The number of hydrogen-bond donors (Lipinski definition) is 1. The standard InChI is InChI=1S/C16H15ClN2O4S/c1-2-11-3-5-13(6-4-11)24(20,21)19-18-9-12-7-15-16(8-14(12)17)23-10-22-15/h3-9,19H,2,10H2,1H3. The van der Waals surface area contributed by atoms with Gasteiger partial charge in [-0.15, -0.1) is 0 Å². The number of ether oxygens (including phenoxy) is 2. The molecular weight excluding hydrogens is 352 g/mol. The Labute approximate surface area is 145 Å². The molecule has 0 atom stereocenters. The number of benzene rings is 2. The highest BCUT2D eigenvalue weighted by molar-refractivity contribution is 7.89. The van der Waals surface area contributed by atoms with E-state index in [1.165, 1.54) is 6.21 Å². The second-order valence-corrected chi connectivity index (χ2v) is 7.15. The maximum atomic E-state index is 12.2. The first kappa shape index (κ1) is 16.6. The molecule has 1 N–H and O–H groups in total. The molecule has 0 saturated heterocycles. The summed E-state index contributed by atoms with van der Waals surface area (Å²) in [5.74, 6) is 1.09. The van der Waals surface area contributed by atoms with Gasteiger partial charge in [-0.25, -0.2) is 4.83 Å². The third-order valence-electron chi connectivity index (χ3n) is 3.51. The molecule has 6 nitrogen and oxygen atoms in total. The van der Waals surface area contributed by atoms with Crippen LogP contribution in [0.1, 0.15) is 18.1 Å². The van der Waals surface area contributed by atoms with E-state index in [4.69, 9.17) is 21.1 Å². The van der Waals surface area contributed by atoms with Crippen LogP contribution in [0.2, 0.25) is 5.02 Å². The minimum Gasteiger partial charge on any atom is -0.454 e. The Hall–Kier alpha value is -2.25. The fourth-order valence-corrected chi connectivity index (χ4v) is 3.15. The highest BCUT2D eigenvalue weighted by atomic mass is 35.5. The van der Waals surface area contributed by atoms with Crippen LogP contribution in [0.15, 0.2) is 46.4 Å². The zero-order valence-electron chi connectivity index (χ0n) is 12.8. The van der Waals surface area contributed by atoms with Crippen molar-refractivity contribution in [2.75, 3.05) is 6.79 Å². The van der Waals surface area contributed by atoms with Crippen molar-refractivity contribution in [1.82, 2.24) is 4.83 Å². The number of hydrogen-bond acceptors (Lipinski definition) is 5. The predicted molar refractivity (Wildman–Crippen MR) is 91.3 cm³/mol. The Balaban J connectivity index is 1.75. The second-order valence-electron chi connectivity index (χ2n) is 5.08. The molecule has 0 unspecified atom stereocenters. The molecule has 0 aromatic heterocycles. The van der Waals surface area contributed by atoms with E-state index in [0.29, 0.717) is 22.1 Å². The summed E-state index contributed by atoms with van der Waals surface area (Å²) in [6.07, 6.45) is 2.16. The van der Waals surface area contributed by atoms with E-state index in [-0.39, 0.29) is 11.7 Å². The zero-order chi connectivity index (χ0) is 17.2. The van der Waals surface area contributed by atoms with Gasteiger partial charge in [0.05, 0.1) is 16.1 Å². The molecule has 126 valence electrons. The maximum absolute atomic E-state index is 12.2. The molecule has 2 aromatic carbocycles. The fourth-order valence-electron chi connectivity index (χ4n) is 2.15. The monoisotopic (exact) mass is 366 g/mol. The lowest BCUT2D eigenvalue weighted by molar-refractivity contribution is 0.174. The van der Waals surface area contributed by atoms with E-state index < -0.39 is 10.0 Å². The highest BCUT2D eigenvalue weighted by Gasteiger charge is 2.16. The van der Waals surface area contributed by atoms with Gasteiger partial charge in [0.25, 0.3) is 10.0 Å². The summed E-state index contributed by atoms with van der Waals surface area (Å²) in [5.41, 5.74) is 1.58. The highest BCUT2D eigenvalue weighted by Crippen LogP contribution is 2.36. The van der Waals surface area contributed by atoms with Crippen molar-refractivity contribution < 1.29 is 17.9 Å². The van der Waals surface area contributed by atoms with Gasteiger partial charge in [-0.1, -0.05) is 30.7 Å². The molecule has 0 amide bonds. The van der Waals surface area contributed by atoms with Gasteiger partial charge in [-0.05, 0) is 30.2 Å². The molecule has 0 saturated carbocycles. The summed E-state index contributed by atoms with van der Waals surface area (Å²) in [4.78, 5) is 2.31. The summed E-state index contributed by atoms with van der Waals surface area (Å²) in [7, 11) is -3.73. The topological polar surface area (TPSA) is 77.0 Å². The Morgan fingerprint density at radius 2 is 1.88 bits per heavy atom. The SMILES string of the molecule is CCc1ccc(S(=O)(=O)NN=Cc2cc3c(cc2Cl)OCO3)cc1. The third-order valence-corrected chi connectivity index (χ3v) is 5.08. The molecule has 2 aromatic rings. The summed E-state index contributed by atoms with van der Waals surface area (Å²) in [6.45, 7) is 2.13. The normalized spacial score (nSPS) is 13.4. The number of aryl methyl sites for hydroxylation is 1. The first-order chi connectivity index (χ1) is 11.5. The molecule has 1 aliphatic heterocycles. The first-order valence-electron chi connectivity index (χ1n) is 7.22. The first-order valence-corrected chi connectivity index (χ1v) is 9.08. The number of hydrazone groups is 1. The van der Waals surface area contributed by atoms with Crippen LogP contribution in [-0.4, -0.2) is 21.4 Å². The van der Waals surface area contributed by atoms with Gasteiger partial charge in [0, 0.05) is 11.6 Å². The number of nitrogens with one attached hydrogen (secondary N) is 1. The minimum atomic E-state index is -3.73. The summed E-state index contributed by atoms with van der Waals surface area (Å²) in [6, 6.07) is 9.87. The summed E-state index contributed by atoms with van der Waals surface area (Å²) in [5, 5.41) is 4.16. The van der Waals surface area contributed by atoms with E-state index in [1.807, 2.05) is 6.92 Å². The minimum absolute atomic E-state index is 0.132. The van der Waals surface area contributed by atoms with Crippen molar-refractivity contribution >= 4 is 27.8 Å². The molecule has 0 spiro atoms. The molecule has 1 aliphatic rings. The molecule has 0 aliphatic carbocycles. The number of fused-ring (bicyclic) bond motifs is 1. The molecular formula is C16H15ClN2O4S. The van der Waals surface area contributed by atoms with Gasteiger partial charge in [-0.2, -0.15) is 13.5 Å². The quantitative estimate of drug-likeness (QED) is 0.652. The number of sulfonamides is 1. The predicted octanol–water partition coefficient (Wildman–Crippen LogP) is 2.94. The lowest BCUT2D eigenvalue weighted by Gasteiger charge is -2.05. The third kappa shape index (κ3) is 3.47. The van der Waals surface area contributed by atoms with Gasteiger partial charge >= 0.3 is 0 Å². The van der Waals surface area contributed by atoms with E-state index in [0.717, 1.165) is 12.0 Å². The fraction of sp³-hybridized carbons (Fsp3) is 0.188. The average Bonchev–Trinajstić information content (AvgIpc) is 3.02. The average molecular weight is 367 g/mol. The van der Waals surface area contributed by atoms with E-state index in [9.17, 15) is 8.42 Å². The van der Waals surface area contributed by atoms with Gasteiger partial charge in [0.15, 0.2) is 11.5 Å². The molecule has 3 rings (SSSR count). The van der Waals surface area contributed by atoms with Crippen LogP contribution >= 0.6 is 11.6 Å². The van der Waals surface area contributed by atoms with Crippen molar-refractivity contribution in [2.24, 2.45) is 5.10 Å². The Kier molecular flexibility index (Phi) is 4.64. The van der Waals surface area contributed by atoms with Crippen LogP contribution in [-0.2, 0) is 16.4 Å². The van der Waals surface area contributed by atoms with Crippen LogP contribution in [0.4, 0.5) is 0 Å². The maximum Gasteiger partial charge on any atom is 0.276 e. The van der Waals surface area contributed by atoms with Crippen LogP contribution < -0.4 is 14.3 Å². The number of rotatable bonds is 5. The van der Waals surface area contributed by atoms with Gasteiger partial charge in [0.1, 0.15) is 0 Å². The van der Waals surface area contributed by atoms with Crippen LogP contribution in [0.5, 0.6) is 11.5 Å². The lowest BCUT2D eigenvalue weighted by atomic mass is 10.2. The Morgan fingerprint density at radius 1 is 1.21 bits per heavy atom. The van der Waals surface area contributed by atoms with Crippen molar-refractivity contribution in [3.8, 4) is 11.5 Å². The molecule has 0 radical (unpaired) electrons. The summed E-state index contributed by atoms with van der Waals surface area (Å²) >= 11 is 6.10. The lowest BCUT2D eigenvalue weighted by Crippen LogP contribution is -2.18. The van der Waals surface area contributed by atoms with Gasteiger partial charge in [-0.3, -0.25) is 0 Å². The smallest absolute Gasteiger partial charge is 0.276 e. The Bertz CT molecular complexity index is 880. The zero-order valence-corrected chi connectivity index (χ0v) is 14.4. The second kappa shape index (κ2) is 6.70. The molecule has 8 heteroatoms. The number of nitrogens with zero attached hydrogens (tertiary/aromatic N) is 1. The molecule has 1 heterocycles.